The molecule has 2 nitrogen and oxygen atoms in total. The van der Waals surface area contributed by atoms with Crippen LogP contribution < -0.4 is 0 Å². The molecule has 2 radical (unpaired) electrons. The summed E-state index contributed by atoms with van der Waals surface area (Å²) in [5, 5.41) is 0. The third kappa shape index (κ3) is 7.76. The van der Waals surface area contributed by atoms with E-state index in [4.69, 9.17) is 17.3 Å². The third-order valence-corrected chi connectivity index (χ3v) is 1.62. The summed E-state index contributed by atoms with van der Waals surface area (Å²) in [6.07, 6.45) is 4.31. The molecule has 0 spiro atoms. The van der Waals surface area contributed by atoms with Gasteiger partial charge in [0.25, 0.3) is 5.95 Å². The standard InChI is InChI=1S/C10H19BO2/c1-3-5-7-12-10(9-11)13-8-6-4-2/h9H,3-8H2,1-2H3. The van der Waals surface area contributed by atoms with Crippen LogP contribution in [0.1, 0.15) is 39.5 Å². The average molecular weight is 182 g/mol. The van der Waals surface area contributed by atoms with Crippen LogP contribution in [0.25, 0.3) is 0 Å². The van der Waals surface area contributed by atoms with Crippen molar-refractivity contribution in [2.45, 2.75) is 39.5 Å². The molecule has 0 rings (SSSR count). The summed E-state index contributed by atoms with van der Waals surface area (Å²) in [6, 6.07) is 0. The van der Waals surface area contributed by atoms with Crippen LogP contribution in [-0.2, 0) is 9.47 Å². The lowest BCUT2D eigenvalue weighted by molar-refractivity contribution is 0.0340. The van der Waals surface area contributed by atoms with Crippen LogP contribution in [0.5, 0.6) is 0 Å². The quantitative estimate of drug-likeness (QED) is 0.326. The van der Waals surface area contributed by atoms with Gasteiger partial charge in [-0.2, -0.15) is 0 Å². The molecule has 0 aliphatic heterocycles. The Morgan fingerprint density at radius 2 is 1.54 bits per heavy atom. The first-order valence-electron chi connectivity index (χ1n) is 5.02. The van der Waals surface area contributed by atoms with E-state index in [1.807, 2.05) is 0 Å². The molecule has 0 atom stereocenters. The molecule has 0 saturated heterocycles. The fraction of sp³-hybridized carbons (Fsp3) is 0.800. The maximum absolute atomic E-state index is 5.33. The lowest BCUT2D eigenvalue weighted by Gasteiger charge is -2.10. The Morgan fingerprint density at radius 1 is 1.08 bits per heavy atom. The second kappa shape index (κ2) is 9.49. The van der Waals surface area contributed by atoms with Crippen LogP contribution >= 0.6 is 0 Å². The van der Waals surface area contributed by atoms with Crippen LogP contribution in [0.15, 0.2) is 11.9 Å². The fourth-order valence-corrected chi connectivity index (χ4v) is 0.772. The van der Waals surface area contributed by atoms with Gasteiger partial charge >= 0.3 is 0 Å². The lowest BCUT2D eigenvalue weighted by Crippen LogP contribution is -2.01. The normalized spacial score (nSPS) is 9.38. The van der Waals surface area contributed by atoms with E-state index in [0.717, 1.165) is 25.7 Å². The minimum atomic E-state index is 0.460. The van der Waals surface area contributed by atoms with Gasteiger partial charge in [-0.1, -0.05) is 32.7 Å². The van der Waals surface area contributed by atoms with E-state index in [2.05, 4.69) is 13.8 Å². The summed E-state index contributed by atoms with van der Waals surface area (Å²) in [6.45, 7) is 5.61. The molecule has 0 aromatic heterocycles. The molecule has 0 aliphatic rings. The summed E-state index contributed by atoms with van der Waals surface area (Å²) < 4.78 is 10.6. The molecule has 3 heteroatoms. The maximum Gasteiger partial charge on any atom is 0.264 e. The molecule has 0 heterocycles. The molecule has 0 aromatic carbocycles. The van der Waals surface area contributed by atoms with Crippen LogP contribution in [0.4, 0.5) is 0 Å². The molecular weight excluding hydrogens is 163 g/mol. The van der Waals surface area contributed by atoms with Crippen LogP contribution in [0, 0.1) is 0 Å². The van der Waals surface area contributed by atoms with E-state index in [1.165, 1.54) is 5.98 Å². The van der Waals surface area contributed by atoms with Crippen LogP contribution in [0.2, 0.25) is 0 Å². The third-order valence-electron chi connectivity index (χ3n) is 1.62. The Kier molecular flexibility index (Phi) is 9.06. The van der Waals surface area contributed by atoms with E-state index >= 15 is 0 Å². The lowest BCUT2D eigenvalue weighted by atomic mass is 10.2. The minimum Gasteiger partial charge on any atom is -0.466 e. The fourth-order valence-electron chi connectivity index (χ4n) is 0.772. The largest absolute Gasteiger partial charge is 0.466 e. The molecule has 74 valence electrons. The Morgan fingerprint density at radius 3 is 1.85 bits per heavy atom. The van der Waals surface area contributed by atoms with E-state index in [0.29, 0.717) is 19.2 Å². The topological polar surface area (TPSA) is 18.5 Å². The number of unbranched alkanes of at least 4 members (excludes halogenated alkanes) is 2. The number of rotatable bonds is 8. The highest BCUT2D eigenvalue weighted by atomic mass is 16.7. The molecule has 0 bridgehead atoms. The molecule has 0 saturated carbocycles. The van der Waals surface area contributed by atoms with Gasteiger partial charge in [-0.15, -0.1) is 0 Å². The van der Waals surface area contributed by atoms with E-state index < -0.39 is 0 Å². The average Bonchev–Trinajstić information content (AvgIpc) is 2.16. The van der Waals surface area contributed by atoms with Gasteiger partial charge in [0.1, 0.15) is 7.85 Å². The van der Waals surface area contributed by atoms with Crippen molar-refractivity contribution in [3.63, 3.8) is 0 Å². The summed E-state index contributed by atoms with van der Waals surface area (Å²) in [5.74, 6) is 1.84. The van der Waals surface area contributed by atoms with Crippen molar-refractivity contribution in [2.75, 3.05) is 13.2 Å². The van der Waals surface area contributed by atoms with Crippen molar-refractivity contribution in [1.29, 1.82) is 0 Å². The molecular formula is C10H19BO2. The Labute approximate surface area is 82.7 Å². The number of ether oxygens (including phenoxy) is 2. The Hall–Kier alpha value is -0.595. The second-order valence-corrected chi connectivity index (χ2v) is 2.89. The van der Waals surface area contributed by atoms with Gasteiger partial charge < -0.3 is 9.47 Å². The number of hydrogen-bond donors (Lipinski definition) is 0. The zero-order valence-corrected chi connectivity index (χ0v) is 8.71. The van der Waals surface area contributed by atoms with Gasteiger partial charge in [-0.05, 0) is 12.8 Å². The van der Waals surface area contributed by atoms with Crippen molar-refractivity contribution in [1.82, 2.24) is 0 Å². The predicted octanol–water partition coefficient (Wildman–Crippen LogP) is 2.59. The number of hydrogen-bond acceptors (Lipinski definition) is 2. The maximum atomic E-state index is 5.33. The molecule has 0 aromatic rings. The first-order valence-corrected chi connectivity index (χ1v) is 5.02. The van der Waals surface area contributed by atoms with E-state index in [1.54, 1.807) is 0 Å². The Bertz CT molecular complexity index is 123. The molecule has 0 aliphatic carbocycles. The van der Waals surface area contributed by atoms with Gasteiger partial charge in [0.15, 0.2) is 0 Å². The zero-order chi connectivity index (χ0) is 9.94. The van der Waals surface area contributed by atoms with Crippen molar-refractivity contribution >= 4 is 7.85 Å². The molecule has 0 fully saturated rings. The van der Waals surface area contributed by atoms with Gasteiger partial charge in [-0.25, -0.2) is 0 Å². The van der Waals surface area contributed by atoms with E-state index in [-0.39, 0.29) is 0 Å². The van der Waals surface area contributed by atoms with Crippen molar-refractivity contribution in [3.05, 3.63) is 11.9 Å². The van der Waals surface area contributed by atoms with Gasteiger partial charge in [0.05, 0.1) is 13.2 Å². The van der Waals surface area contributed by atoms with Gasteiger partial charge in [0.2, 0.25) is 0 Å². The first kappa shape index (κ1) is 12.4. The summed E-state index contributed by atoms with van der Waals surface area (Å²) in [7, 11) is 5.33. The highest BCUT2D eigenvalue weighted by Crippen LogP contribution is 2.02. The molecule has 0 N–H and O–H groups in total. The summed E-state index contributed by atoms with van der Waals surface area (Å²) >= 11 is 0. The SMILES string of the molecule is [B]C=C(OCCCC)OCCCC. The summed E-state index contributed by atoms with van der Waals surface area (Å²) in [5.41, 5.74) is 0. The van der Waals surface area contributed by atoms with Crippen LogP contribution in [0.3, 0.4) is 0 Å². The van der Waals surface area contributed by atoms with Crippen molar-refractivity contribution in [3.8, 4) is 0 Å². The second-order valence-electron chi connectivity index (χ2n) is 2.89. The van der Waals surface area contributed by atoms with Gasteiger partial charge in [-0.3, -0.25) is 0 Å². The smallest absolute Gasteiger partial charge is 0.264 e. The van der Waals surface area contributed by atoms with Crippen LogP contribution in [-0.4, -0.2) is 21.1 Å². The predicted molar refractivity (Wildman–Crippen MR) is 55.6 cm³/mol. The summed E-state index contributed by atoms with van der Waals surface area (Å²) in [4.78, 5) is 0. The van der Waals surface area contributed by atoms with Crippen molar-refractivity contribution in [2.24, 2.45) is 0 Å². The first-order chi connectivity index (χ1) is 6.35. The molecule has 13 heavy (non-hydrogen) atoms. The monoisotopic (exact) mass is 182 g/mol. The highest BCUT2D eigenvalue weighted by molar-refractivity contribution is 6.17. The van der Waals surface area contributed by atoms with E-state index in [9.17, 15) is 0 Å². The van der Waals surface area contributed by atoms with Crippen molar-refractivity contribution < 1.29 is 9.47 Å². The minimum absolute atomic E-state index is 0.460. The molecule has 0 unspecified atom stereocenters. The zero-order valence-electron chi connectivity index (χ0n) is 8.71. The van der Waals surface area contributed by atoms with Gasteiger partial charge in [0, 0.05) is 0 Å². The highest BCUT2D eigenvalue weighted by Gasteiger charge is 1.95. The molecule has 0 amide bonds. The Balaban J connectivity index is 3.41.